The summed E-state index contributed by atoms with van der Waals surface area (Å²) in [5.41, 5.74) is 7.22. The maximum Gasteiger partial charge on any atom is 0.231 e. The first-order valence-corrected chi connectivity index (χ1v) is 8.17. The highest BCUT2D eigenvalue weighted by atomic mass is 35.5. The number of nitrogens with two attached hydrogens (primary N) is 1. The summed E-state index contributed by atoms with van der Waals surface area (Å²) in [6, 6.07) is 4.82. The Kier molecular flexibility index (Phi) is 4.57. The molecule has 1 aromatic carbocycles. The van der Waals surface area contributed by atoms with Crippen molar-refractivity contribution in [3.63, 3.8) is 0 Å². The maximum atomic E-state index is 6.32. The Morgan fingerprint density at radius 3 is 3.00 bits per heavy atom. The van der Waals surface area contributed by atoms with Crippen molar-refractivity contribution in [3.8, 4) is 11.5 Å². The van der Waals surface area contributed by atoms with Gasteiger partial charge in [0.2, 0.25) is 6.79 Å². The molecular weight excluding hydrogens is 288 g/mol. The molecule has 0 bridgehead atoms. The van der Waals surface area contributed by atoms with E-state index >= 15 is 0 Å². The third-order valence-corrected chi connectivity index (χ3v) is 4.88. The zero-order valence-electron chi connectivity index (χ0n) is 12.5. The summed E-state index contributed by atoms with van der Waals surface area (Å²) < 4.78 is 10.9. The average molecular weight is 311 g/mol. The molecule has 2 heterocycles. The van der Waals surface area contributed by atoms with Crippen LogP contribution in [-0.2, 0) is 0 Å². The van der Waals surface area contributed by atoms with Crippen LogP contribution >= 0.6 is 11.6 Å². The van der Waals surface area contributed by atoms with Gasteiger partial charge in [-0.15, -0.1) is 0 Å². The smallest absolute Gasteiger partial charge is 0.231 e. The summed E-state index contributed by atoms with van der Waals surface area (Å²) >= 11 is 6.32. The van der Waals surface area contributed by atoms with Crippen molar-refractivity contribution in [2.24, 2.45) is 5.73 Å². The molecule has 0 spiro atoms. The molecule has 2 aliphatic rings. The van der Waals surface area contributed by atoms with E-state index < -0.39 is 0 Å². The zero-order chi connectivity index (χ0) is 14.8. The molecule has 0 aliphatic carbocycles. The molecule has 1 fully saturated rings. The van der Waals surface area contributed by atoms with Crippen LogP contribution in [0.2, 0.25) is 5.02 Å². The van der Waals surface area contributed by atoms with Crippen LogP contribution in [0.4, 0.5) is 0 Å². The largest absolute Gasteiger partial charge is 0.454 e. The lowest BCUT2D eigenvalue weighted by molar-refractivity contribution is 0.0948. The van der Waals surface area contributed by atoms with Crippen LogP contribution in [-0.4, -0.2) is 30.8 Å². The molecule has 1 saturated heterocycles. The summed E-state index contributed by atoms with van der Waals surface area (Å²) in [6.45, 7) is 4.19. The number of piperidine rings is 1. The first kappa shape index (κ1) is 14.9. The van der Waals surface area contributed by atoms with Crippen molar-refractivity contribution in [2.75, 3.05) is 19.9 Å². The lowest BCUT2D eigenvalue weighted by atomic mass is 9.94. The van der Waals surface area contributed by atoms with Gasteiger partial charge in [0.05, 0.1) is 5.02 Å². The lowest BCUT2D eigenvalue weighted by Crippen LogP contribution is -2.44. The van der Waals surface area contributed by atoms with Crippen LogP contribution in [0.3, 0.4) is 0 Å². The molecule has 0 radical (unpaired) electrons. The summed E-state index contributed by atoms with van der Waals surface area (Å²) in [6.07, 6.45) is 4.97. The van der Waals surface area contributed by atoms with Crippen LogP contribution in [0.15, 0.2) is 12.1 Å². The monoisotopic (exact) mass is 310 g/mol. The average Bonchev–Trinajstić information content (AvgIpc) is 2.98. The molecule has 5 heteroatoms. The van der Waals surface area contributed by atoms with Crippen molar-refractivity contribution in [1.29, 1.82) is 0 Å². The number of halogens is 1. The number of benzene rings is 1. The van der Waals surface area contributed by atoms with Crippen LogP contribution in [0.5, 0.6) is 11.5 Å². The molecule has 21 heavy (non-hydrogen) atoms. The zero-order valence-corrected chi connectivity index (χ0v) is 13.2. The molecule has 3 rings (SSSR count). The number of ether oxygens (including phenoxy) is 2. The van der Waals surface area contributed by atoms with E-state index in [4.69, 9.17) is 26.8 Å². The van der Waals surface area contributed by atoms with Crippen molar-refractivity contribution < 1.29 is 9.47 Å². The second-order valence-electron chi connectivity index (χ2n) is 5.78. The lowest BCUT2D eigenvalue weighted by Gasteiger charge is -2.41. The Morgan fingerprint density at radius 1 is 1.38 bits per heavy atom. The minimum atomic E-state index is 0.197. The molecule has 2 N–H and O–H groups in total. The SMILES string of the molecule is CCC1CCCCN1C(CN)c1cc(Cl)c2c(c1)OCO2. The van der Waals surface area contributed by atoms with E-state index in [1.807, 2.05) is 12.1 Å². The van der Waals surface area contributed by atoms with Gasteiger partial charge >= 0.3 is 0 Å². The Morgan fingerprint density at radius 2 is 2.24 bits per heavy atom. The van der Waals surface area contributed by atoms with Crippen molar-refractivity contribution in [1.82, 2.24) is 4.90 Å². The van der Waals surface area contributed by atoms with Gasteiger partial charge in [-0.2, -0.15) is 0 Å². The third kappa shape index (κ3) is 2.85. The molecule has 1 aromatic rings. The number of hydrogen-bond acceptors (Lipinski definition) is 4. The van der Waals surface area contributed by atoms with Gasteiger partial charge in [-0.05, 0) is 43.5 Å². The molecular formula is C16H23ClN2O2. The quantitative estimate of drug-likeness (QED) is 0.926. The fourth-order valence-corrected chi connectivity index (χ4v) is 3.79. The van der Waals surface area contributed by atoms with E-state index in [0.717, 1.165) is 24.3 Å². The van der Waals surface area contributed by atoms with Gasteiger partial charge in [-0.3, -0.25) is 4.90 Å². The van der Waals surface area contributed by atoms with E-state index in [2.05, 4.69) is 11.8 Å². The van der Waals surface area contributed by atoms with E-state index in [9.17, 15) is 0 Å². The van der Waals surface area contributed by atoms with Crippen molar-refractivity contribution >= 4 is 11.6 Å². The van der Waals surface area contributed by atoms with E-state index in [0.29, 0.717) is 23.4 Å². The summed E-state index contributed by atoms with van der Waals surface area (Å²) in [7, 11) is 0. The molecule has 0 amide bonds. The first-order valence-electron chi connectivity index (χ1n) is 7.79. The summed E-state index contributed by atoms with van der Waals surface area (Å²) in [4.78, 5) is 2.54. The van der Waals surface area contributed by atoms with Gasteiger partial charge in [0, 0.05) is 18.6 Å². The van der Waals surface area contributed by atoms with E-state index in [1.165, 1.54) is 19.3 Å². The van der Waals surface area contributed by atoms with Crippen molar-refractivity contribution in [2.45, 2.75) is 44.7 Å². The van der Waals surface area contributed by atoms with Gasteiger partial charge in [0.1, 0.15) is 0 Å². The standard InChI is InChI=1S/C16H23ClN2O2/c1-2-12-5-3-4-6-19(12)14(9-18)11-7-13(17)16-15(8-11)20-10-21-16/h7-8,12,14H,2-6,9-10,18H2,1H3. The van der Waals surface area contributed by atoms with E-state index in [1.54, 1.807) is 0 Å². The van der Waals surface area contributed by atoms with Gasteiger partial charge in [-0.1, -0.05) is 24.9 Å². The highest BCUT2D eigenvalue weighted by molar-refractivity contribution is 6.32. The summed E-state index contributed by atoms with van der Waals surface area (Å²) in [5.74, 6) is 1.39. The second kappa shape index (κ2) is 6.42. The number of hydrogen-bond donors (Lipinski definition) is 1. The predicted octanol–water partition coefficient (Wildman–Crippen LogP) is 3.33. The normalized spacial score (nSPS) is 23.3. The minimum absolute atomic E-state index is 0.197. The van der Waals surface area contributed by atoms with Gasteiger partial charge < -0.3 is 15.2 Å². The van der Waals surface area contributed by atoms with Crippen LogP contribution in [0.25, 0.3) is 0 Å². The molecule has 2 unspecified atom stereocenters. The minimum Gasteiger partial charge on any atom is -0.454 e. The molecule has 116 valence electrons. The predicted molar refractivity (Wildman–Crippen MR) is 84.0 cm³/mol. The number of fused-ring (bicyclic) bond motifs is 1. The summed E-state index contributed by atoms with van der Waals surface area (Å²) in [5, 5.41) is 0.614. The molecule has 4 nitrogen and oxygen atoms in total. The van der Waals surface area contributed by atoms with Crippen molar-refractivity contribution in [3.05, 3.63) is 22.7 Å². The highest BCUT2D eigenvalue weighted by Crippen LogP contribution is 2.42. The molecule has 2 atom stereocenters. The third-order valence-electron chi connectivity index (χ3n) is 4.60. The molecule has 2 aliphatic heterocycles. The van der Waals surface area contributed by atoms with Crippen LogP contribution in [0, 0.1) is 0 Å². The van der Waals surface area contributed by atoms with Gasteiger partial charge in [0.15, 0.2) is 11.5 Å². The first-order chi connectivity index (χ1) is 10.2. The number of nitrogens with zero attached hydrogens (tertiary/aromatic N) is 1. The van der Waals surface area contributed by atoms with Crippen LogP contribution in [0.1, 0.15) is 44.2 Å². The Bertz CT molecular complexity index is 509. The van der Waals surface area contributed by atoms with Gasteiger partial charge in [0.25, 0.3) is 0 Å². The number of likely N-dealkylation sites (tertiary alicyclic amines) is 1. The van der Waals surface area contributed by atoms with Gasteiger partial charge in [-0.25, -0.2) is 0 Å². The second-order valence-corrected chi connectivity index (χ2v) is 6.19. The maximum absolute atomic E-state index is 6.32. The van der Waals surface area contributed by atoms with Crippen LogP contribution < -0.4 is 15.2 Å². The Labute approximate surface area is 131 Å². The van der Waals surface area contributed by atoms with E-state index in [-0.39, 0.29) is 12.8 Å². The Balaban J connectivity index is 1.90. The fourth-order valence-electron chi connectivity index (χ4n) is 3.51. The molecule has 0 saturated carbocycles. The highest BCUT2D eigenvalue weighted by Gasteiger charge is 2.30. The fraction of sp³-hybridized carbons (Fsp3) is 0.625. The Hall–Kier alpha value is -0.970. The molecule has 0 aromatic heterocycles. The number of rotatable bonds is 4. The topological polar surface area (TPSA) is 47.7 Å².